The van der Waals surface area contributed by atoms with Gasteiger partial charge >= 0.3 is 5.97 Å². The summed E-state index contributed by atoms with van der Waals surface area (Å²) in [5.74, 6) is -10.5. The Kier molecular flexibility index (Phi) is 19.9. The van der Waals surface area contributed by atoms with Crippen LogP contribution in [-0.2, 0) is 44.7 Å². The van der Waals surface area contributed by atoms with Crippen LogP contribution in [0.1, 0.15) is 101 Å². The lowest BCUT2D eigenvalue weighted by Crippen LogP contribution is -2.62. The predicted molar refractivity (Wildman–Crippen MR) is 283 cm³/mol. The van der Waals surface area contributed by atoms with Crippen LogP contribution in [0.4, 0.5) is 0 Å². The maximum atomic E-state index is 15.2. The number of allylic oxidation sites excluding steroid dienone is 1. The molecule has 4 aliphatic rings. The molecule has 0 unspecified atom stereocenters. The first-order valence-electron chi connectivity index (χ1n) is 26.5. The second-order valence-electron chi connectivity index (χ2n) is 21.1. The number of amides is 7. The fourth-order valence-corrected chi connectivity index (χ4v) is 10.6. The first-order valence-corrected chi connectivity index (χ1v) is 26.9. The van der Waals surface area contributed by atoms with E-state index in [9.17, 15) is 50.0 Å². The third kappa shape index (κ3) is 14.9. The molecule has 2 aliphatic carbocycles. The van der Waals surface area contributed by atoms with Crippen LogP contribution in [0.15, 0.2) is 84.9 Å². The van der Waals surface area contributed by atoms with E-state index in [0.717, 1.165) is 0 Å². The number of fused-ring (bicyclic) bond motifs is 1. The summed E-state index contributed by atoms with van der Waals surface area (Å²) in [6, 6.07) is 7.19. The van der Waals surface area contributed by atoms with Crippen LogP contribution >= 0.6 is 11.6 Å². The molecule has 24 nitrogen and oxygen atoms in total. The SMILES string of the molecule is C/C=C/[C@H]1C[C@H]2C(=O)O[C@H](C)[C@@H](NC(=O)[C@H](C[C@H]3C[C@@H]3N([O-])O)NC(=O)c3ccc(Cl)n3O)C(=O)N[C@@H]([C@H](C)c3ccccc3)C(=O)N[C@H](C[C@@H]3C[C@H]3N([O-])O)C(=O)N[C@@H](Cc3ccccc3)C(=O)N[C@@H]([C@@H](C)CC)C(=O)N2C1. The van der Waals surface area contributed by atoms with E-state index in [1.165, 1.54) is 24.0 Å². The van der Waals surface area contributed by atoms with Gasteiger partial charge in [0, 0.05) is 31.0 Å². The highest BCUT2D eigenvalue weighted by molar-refractivity contribution is 6.30. The molecule has 428 valence electrons. The van der Waals surface area contributed by atoms with Crippen molar-refractivity contribution in [2.75, 3.05) is 6.54 Å². The molecule has 0 spiro atoms. The maximum Gasteiger partial charge on any atom is 0.329 e. The minimum atomic E-state index is -1.90. The van der Waals surface area contributed by atoms with Crippen molar-refractivity contribution < 1.29 is 58.7 Å². The van der Waals surface area contributed by atoms with Crippen molar-refractivity contribution in [3.8, 4) is 0 Å². The largest absolute Gasteiger partial charge is 0.762 e. The number of hydrogen-bond donors (Lipinski definition) is 9. The van der Waals surface area contributed by atoms with Crippen LogP contribution in [0, 0.1) is 34.1 Å². The first-order chi connectivity index (χ1) is 37.6. The van der Waals surface area contributed by atoms with Gasteiger partial charge in [0.05, 0.1) is 0 Å². The molecule has 79 heavy (non-hydrogen) atoms. The number of nitrogens with zero attached hydrogens (tertiary/aromatic N) is 4. The van der Waals surface area contributed by atoms with E-state index in [0.29, 0.717) is 22.3 Å². The number of aromatic nitrogens is 1. The van der Waals surface area contributed by atoms with Crippen LogP contribution in [0.25, 0.3) is 0 Å². The molecule has 0 radical (unpaired) electrons. The van der Waals surface area contributed by atoms with Crippen molar-refractivity contribution in [3.63, 3.8) is 0 Å². The highest BCUT2D eigenvalue weighted by Gasteiger charge is 2.48. The molecule has 15 atom stereocenters. The van der Waals surface area contributed by atoms with E-state index >= 15 is 14.4 Å². The highest BCUT2D eigenvalue weighted by atomic mass is 35.5. The van der Waals surface area contributed by atoms with Crippen molar-refractivity contribution in [2.45, 2.75) is 146 Å². The van der Waals surface area contributed by atoms with E-state index in [-0.39, 0.29) is 66.6 Å². The van der Waals surface area contributed by atoms with Crippen LogP contribution in [-0.4, -0.2) is 150 Å². The van der Waals surface area contributed by atoms with Gasteiger partial charge in [-0.05, 0) is 92.9 Å². The Morgan fingerprint density at radius 1 is 0.823 bits per heavy atom. The van der Waals surface area contributed by atoms with Crippen LogP contribution < -0.4 is 31.9 Å². The normalized spacial score (nSPS) is 29.2. The maximum absolute atomic E-state index is 15.2. The van der Waals surface area contributed by atoms with Gasteiger partial charge in [-0.1, -0.05) is 112 Å². The molecule has 0 bridgehead atoms. The molecule has 7 amide bonds. The monoisotopic (exact) mass is 1120 g/mol. The summed E-state index contributed by atoms with van der Waals surface area (Å²) in [7, 11) is 0. The summed E-state index contributed by atoms with van der Waals surface area (Å²) < 4.78 is 6.44. The molecule has 2 aliphatic heterocycles. The summed E-state index contributed by atoms with van der Waals surface area (Å²) in [6.07, 6.45) is 2.06. The Labute approximate surface area is 461 Å². The Bertz CT molecular complexity index is 2710. The lowest BCUT2D eigenvalue weighted by molar-refractivity contribution is -0.161. The third-order valence-electron chi connectivity index (χ3n) is 15.5. The minimum absolute atomic E-state index is 0.0108. The molecule has 2 aromatic carbocycles. The van der Waals surface area contributed by atoms with E-state index < -0.39 is 137 Å². The molecule has 2 saturated heterocycles. The molecule has 3 heterocycles. The van der Waals surface area contributed by atoms with Crippen LogP contribution in [0.3, 0.4) is 0 Å². The zero-order valence-electron chi connectivity index (χ0n) is 44.4. The first kappa shape index (κ1) is 59.7. The predicted octanol–water partition coefficient (Wildman–Crippen LogP) is 2.67. The standard InChI is InChI=1S/C54H69ClN10O14/c1-6-14-32-22-42-54(73)79-30(5)46(61-49(68)38(24-35-26-41(35)65(77)78)57-50(69)39-19-20-43(55)63(39)74)52(71)60-45(29(4)33-17-12-9-13-18-33)51(70)58-37(23-34-25-40(34)64(75)76)47(66)56-36(21-31-15-10-8-11-16-31)48(67)59-44(28(3)7-2)53(72)62(42)27-32/h6,8-20,28-30,32,34-38,40-42,44-46,74-75,77H,7,21-27H2,1-5H3,(H,56,66)(H,57,69)(H,58,70)(H,59,67)(H,60,71)(H,61,68)/q-2/b14-6+/t28-,29+,30+,32-,34+,35-,36-,37+,38-,40+,41-,42-,44-,45-,46+/m0/s1. The Hall–Kier alpha value is -6.93. The van der Waals surface area contributed by atoms with E-state index in [1.807, 2.05) is 13.0 Å². The number of rotatable bonds is 17. The van der Waals surface area contributed by atoms with Gasteiger partial charge in [0.15, 0.2) is 0 Å². The van der Waals surface area contributed by atoms with Gasteiger partial charge in [0.25, 0.3) is 5.91 Å². The number of hydroxylamine groups is 4. The van der Waals surface area contributed by atoms with Gasteiger partial charge < -0.3 is 67.6 Å². The van der Waals surface area contributed by atoms with Gasteiger partial charge in [-0.15, -0.1) is 0 Å². The second kappa shape index (κ2) is 26.4. The quantitative estimate of drug-likeness (QED) is 0.0406. The topological polar surface area (TPSA) is 339 Å². The number of cyclic esters (lactones) is 1. The Morgan fingerprint density at radius 3 is 2.03 bits per heavy atom. The molecular weight excluding hydrogens is 1050 g/mol. The lowest BCUT2D eigenvalue weighted by atomic mass is 9.91. The van der Waals surface area contributed by atoms with Gasteiger partial charge in [-0.25, -0.2) is 4.79 Å². The van der Waals surface area contributed by atoms with Gasteiger partial charge in [-0.2, -0.15) is 4.73 Å². The molecule has 9 N–H and O–H groups in total. The van der Waals surface area contributed by atoms with Crippen molar-refractivity contribution in [2.24, 2.45) is 23.7 Å². The minimum Gasteiger partial charge on any atom is -0.762 e. The lowest BCUT2D eigenvalue weighted by Gasteiger charge is -2.33. The van der Waals surface area contributed by atoms with E-state index in [4.69, 9.17) is 16.3 Å². The number of nitrogens with one attached hydrogen (secondary N) is 6. The number of benzene rings is 2. The molecule has 3 aromatic rings. The summed E-state index contributed by atoms with van der Waals surface area (Å²) >= 11 is 5.99. The third-order valence-corrected chi connectivity index (χ3v) is 15.8. The number of hydrogen-bond acceptors (Lipinski definition) is 16. The Morgan fingerprint density at radius 2 is 1.43 bits per heavy atom. The zero-order valence-corrected chi connectivity index (χ0v) is 45.2. The molecule has 4 fully saturated rings. The summed E-state index contributed by atoms with van der Waals surface area (Å²) in [6.45, 7) is 8.24. The number of ether oxygens (including phenoxy) is 1. The van der Waals surface area contributed by atoms with Crippen LogP contribution in [0.5, 0.6) is 0 Å². The average molecular weight is 1120 g/mol. The van der Waals surface area contributed by atoms with Gasteiger partial charge in [0.2, 0.25) is 35.4 Å². The van der Waals surface area contributed by atoms with Crippen molar-refractivity contribution in [1.29, 1.82) is 0 Å². The second-order valence-corrected chi connectivity index (χ2v) is 21.5. The fourth-order valence-electron chi connectivity index (χ4n) is 10.4. The van der Waals surface area contributed by atoms with Gasteiger partial charge in [-0.3, -0.25) is 44.0 Å². The van der Waals surface area contributed by atoms with Crippen molar-refractivity contribution >= 4 is 58.9 Å². The zero-order chi connectivity index (χ0) is 57.4. The molecule has 7 rings (SSSR count). The van der Waals surface area contributed by atoms with Crippen LogP contribution in [0.2, 0.25) is 5.15 Å². The molecule has 1 aromatic heterocycles. The molecule has 2 saturated carbocycles. The number of esters is 1. The van der Waals surface area contributed by atoms with Crippen molar-refractivity contribution in [1.82, 2.24) is 52.0 Å². The average Bonchev–Trinajstić information content (AvgIpc) is 4.35. The van der Waals surface area contributed by atoms with E-state index in [2.05, 4.69) is 31.9 Å². The molecule has 25 heteroatoms. The summed E-state index contributed by atoms with van der Waals surface area (Å²) in [5.41, 5.74) is 0.758. The summed E-state index contributed by atoms with van der Waals surface area (Å²) in [5, 5.41) is 69.3. The number of carbonyl (C=O) groups is 8. The fraction of sp³-hybridized carbons (Fsp3) is 0.519. The van der Waals surface area contributed by atoms with Gasteiger partial charge in [0.1, 0.15) is 59.2 Å². The number of halogens is 1. The highest BCUT2D eigenvalue weighted by Crippen LogP contribution is 2.39. The van der Waals surface area contributed by atoms with Crippen molar-refractivity contribution in [3.05, 3.63) is 117 Å². The van der Waals surface area contributed by atoms with E-state index in [1.54, 1.807) is 87.5 Å². The Balaban J connectivity index is 1.32. The summed E-state index contributed by atoms with van der Waals surface area (Å²) in [4.78, 5) is 119. The number of carbonyl (C=O) groups excluding carboxylic acids is 8. The smallest absolute Gasteiger partial charge is 0.329 e. The molecular formula is C54H69ClN10O14-2.